The molecule has 2 heterocycles. The summed E-state index contributed by atoms with van der Waals surface area (Å²) in [6, 6.07) is 0.300. The minimum atomic E-state index is 0.161. The summed E-state index contributed by atoms with van der Waals surface area (Å²) in [5, 5.41) is 13.0. The number of nitrogens with one attached hydrogen (secondary N) is 1. The van der Waals surface area contributed by atoms with Crippen LogP contribution in [0.2, 0.25) is 0 Å². The Kier molecular flexibility index (Phi) is 4.73. The van der Waals surface area contributed by atoms with Crippen LogP contribution in [-0.2, 0) is 17.8 Å². The molecule has 1 aliphatic heterocycles. The first kappa shape index (κ1) is 18.0. The molecule has 4 aliphatic carbocycles. The maximum absolute atomic E-state index is 12.7. The Balaban J connectivity index is 1.19. The van der Waals surface area contributed by atoms with Crippen LogP contribution in [0, 0.1) is 23.2 Å². The minimum Gasteiger partial charge on any atom is -0.352 e. The molecule has 5 aliphatic rings. The fourth-order valence-electron chi connectivity index (χ4n) is 6.84. The van der Waals surface area contributed by atoms with Crippen molar-refractivity contribution in [3.05, 3.63) is 5.82 Å². The first-order valence-corrected chi connectivity index (χ1v) is 11.9. The summed E-state index contributed by atoms with van der Waals surface area (Å²) in [6.45, 7) is 3.26. The molecule has 6 rings (SSSR count). The molecule has 1 aromatic rings. The lowest BCUT2D eigenvalue weighted by molar-refractivity contribution is -0.123. The van der Waals surface area contributed by atoms with Crippen molar-refractivity contribution in [1.82, 2.24) is 20.1 Å². The third-order valence-corrected chi connectivity index (χ3v) is 8.76. The quantitative estimate of drug-likeness (QED) is 0.779. The van der Waals surface area contributed by atoms with Crippen LogP contribution < -0.4 is 5.32 Å². The topological polar surface area (TPSA) is 59.8 Å². The number of carbonyl (C=O) groups excluding carboxylic acids is 1. The van der Waals surface area contributed by atoms with E-state index in [2.05, 4.69) is 27.0 Å². The molecule has 4 saturated carbocycles. The SMILES string of the molecule is C[C@@H](NC(=O)CSc1nnc2n1CCCCC2)C12CC3CC(CC(C3)C1)C2. The molecule has 1 amide bonds. The van der Waals surface area contributed by atoms with E-state index in [9.17, 15) is 4.79 Å². The molecule has 4 fully saturated rings. The number of amides is 1. The van der Waals surface area contributed by atoms with Crippen molar-refractivity contribution in [3.63, 3.8) is 0 Å². The Morgan fingerprint density at radius 2 is 1.85 bits per heavy atom. The Bertz CT molecular complexity index is 680. The summed E-state index contributed by atoms with van der Waals surface area (Å²) >= 11 is 1.56. The summed E-state index contributed by atoms with van der Waals surface area (Å²) in [4.78, 5) is 12.7. The van der Waals surface area contributed by atoms with Crippen molar-refractivity contribution in [2.75, 3.05) is 5.75 Å². The van der Waals surface area contributed by atoms with Crippen molar-refractivity contribution in [3.8, 4) is 0 Å². The van der Waals surface area contributed by atoms with Gasteiger partial charge in [0, 0.05) is 19.0 Å². The molecule has 5 nitrogen and oxygen atoms in total. The highest BCUT2D eigenvalue weighted by Gasteiger charge is 2.53. The van der Waals surface area contributed by atoms with Gasteiger partial charge in [0.2, 0.25) is 5.91 Å². The van der Waals surface area contributed by atoms with Gasteiger partial charge in [0.1, 0.15) is 5.82 Å². The van der Waals surface area contributed by atoms with E-state index in [0.29, 0.717) is 17.2 Å². The highest BCUT2D eigenvalue weighted by atomic mass is 32.2. The highest BCUT2D eigenvalue weighted by Crippen LogP contribution is 2.61. The average Bonchev–Trinajstić information content (AvgIpc) is 2.85. The van der Waals surface area contributed by atoms with Gasteiger partial charge in [-0.1, -0.05) is 18.2 Å². The molecular weight excluding hydrogens is 356 g/mol. The Labute approximate surface area is 166 Å². The van der Waals surface area contributed by atoms with E-state index in [1.165, 1.54) is 57.8 Å². The third kappa shape index (κ3) is 3.43. The zero-order valence-electron chi connectivity index (χ0n) is 16.5. The van der Waals surface area contributed by atoms with E-state index >= 15 is 0 Å². The number of nitrogens with zero attached hydrogens (tertiary/aromatic N) is 3. The van der Waals surface area contributed by atoms with E-state index in [1.807, 2.05) is 0 Å². The number of aryl methyl sites for hydroxylation is 1. The molecule has 6 heteroatoms. The van der Waals surface area contributed by atoms with Crippen molar-refractivity contribution >= 4 is 17.7 Å². The lowest BCUT2D eigenvalue weighted by Crippen LogP contribution is -2.56. The summed E-state index contributed by atoms with van der Waals surface area (Å²) < 4.78 is 2.23. The predicted molar refractivity (Wildman–Crippen MR) is 107 cm³/mol. The van der Waals surface area contributed by atoms with Crippen LogP contribution >= 0.6 is 11.8 Å². The Morgan fingerprint density at radius 1 is 1.15 bits per heavy atom. The second-order valence-corrected chi connectivity index (χ2v) is 10.7. The van der Waals surface area contributed by atoms with Crippen molar-refractivity contribution in [1.29, 1.82) is 0 Å². The van der Waals surface area contributed by atoms with Crippen molar-refractivity contribution in [2.24, 2.45) is 23.2 Å². The second kappa shape index (κ2) is 7.09. The molecular formula is C21H32N4OS. The van der Waals surface area contributed by atoms with Crippen LogP contribution in [0.1, 0.15) is 70.5 Å². The van der Waals surface area contributed by atoms with Gasteiger partial charge >= 0.3 is 0 Å². The van der Waals surface area contributed by atoms with Gasteiger partial charge in [-0.25, -0.2) is 0 Å². The van der Waals surface area contributed by atoms with Gasteiger partial charge in [-0.15, -0.1) is 10.2 Å². The molecule has 27 heavy (non-hydrogen) atoms. The molecule has 0 aromatic carbocycles. The average molecular weight is 389 g/mol. The number of fused-ring (bicyclic) bond motifs is 1. The van der Waals surface area contributed by atoms with Crippen LogP contribution in [0.4, 0.5) is 0 Å². The fourth-order valence-corrected chi connectivity index (χ4v) is 7.63. The number of hydrogen-bond donors (Lipinski definition) is 1. The van der Waals surface area contributed by atoms with E-state index in [1.54, 1.807) is 11.8 Å². The zero-order chi connectivity index (χ0) is 18.4. The van der Waals surface area contributed by atoms with Crippen LogP contribution in [0.25, 0.3) is 0 Å². The third-order valence-electron chi connectivity index (χ3n) is 7.79. The van der Waals surface area contributed by atoms with Crippen molar-refractivity contribution < 1.29 is 4.79 Å². The largest absolute Gasteiger partial charge is 0.352 e. The maximum atomic E-state index is 12.7. The van der Waals surface area contributed by atoms with Gasteiger partial charge in [-0.05, 0) is 81.5 Å². The molecule has 1 atom stereocenters. The van der Waals surface area contributed by atoms with E-state index in [-0.39, 0.29) is 5.91 Å². The lowest BCUT2D eigenvalue weighted by Gasteiger charge is -2.59. The molecule has 148 valence electrons. The van der Waals surface area contributed by atoms with E-state index < -0.39 is 0 Å². The second-order valence-electron chi connectivity index (χ2n) is 9.72. The monoisotopic (exact) mass is 388 g/mol. The first-order chi connectivity index (χ1) is 13.1. The van der Waals surface area contributed by atoms with Crippen LogP contribution in [-0.4, -0.2) is 32.5 Å². The molecule has 4 bridgehead atoms. The first-order valence-electron chi connectivity index (χ1n) is 11.0. The zero-order valence-corrected chi connectivity index (χ0v) is 17.3. The van der Waals surface area contributed by atoms with Gasteiger partial charge in [-0.3, -0.25) is 4.79 Å². The molecule has 0 unspecified atom stereocenters. The number of rotatable bonds is 5. The predicted octanol–water partition coefficient (Wildman–Crippen LogP) is 3.82. The minimum absolute atomic E-state index is 0.161. The van der Waals surface area contributed by atoms with Gasteiger partial charge in [0.25, 0.3) is 0 Å². The molecule has 0 spiro atoms. The number of carbonyl (C=O) groups is 1. The smallest absolute Gasteiger partial charge is 0.230 e. The van der Waals surface area contributed by atoms with Gasteiger partial charge in [0.15, 0.2) is 5.16 Å². The normalized spacial score (nSPS) is 35.5. The van der Waals surface area contributed by atoms with Gasteiger partial charge in [0.05, 0.1) is 5.75 Å². The fraction of sp³-hybridized carbons (Fsp3) is 0.857. The summed E-state index contributed by atoms with van der Waals surface area (Å²) in [5.41, 5.74) is 0.376. The number of aromatic nitrogens is 3. The van der Waals surface area contributed by atoms with Crippen LogP contribution in [0.3, 0.4) is 0 Å². The van der Waals surface area contributed by atoms with Gasteiger partial charge < -0.3 is 9.88 Å². The highest BCUT2D eigenvalue weighted by molar-refractivity contribution is 7.99. The summed E-state index contributed by atoms with van der Waals surface area (Å²) in [6.07, 6.45) is 13.0. The summed E-state index contributed by atoms with van der Waals surface area (Å²) in [5.74, 6) is 4.49. The molecule has 1 N–H and O–H groups in total. The standard InChI is InChI=1S/C21H32N4OS/c1-14(21-10-15-7-16(11-21)9-17(8-15)12-21)22-19(26)13-27-20-24-23-18-5-3-2-4-6-25(18)20/h14-17H,2-13H2,1H3,(H,22,26)/t14-,15?,16?,17?,21?/m1/s1. The maximum Gasteiger partial charge on any atom is 0.230 e. The van der Waals surface area contributed by atoms with Crippen LogP contribution in [0.5, 0.6) is 0 Å². The van der Waals surface area contributed by atoms with Crippen LogP contribution in [0.15, 0.2) is 5.16 Å². The van der Waals surface area contributed by atoms with E-state index in [0.717, 1.165) is 41.7 Å². The number of thioether (sulfide) groups is 1. The summed E-state index contributed by atoms with van der Waals surface area (Å²) in [7, 11) is 0. The Hall–Kier alpha value is -1.04. The number of hydrogen-bond acceptors (Lipinski definition) is 4. The molecule has 1 aromatic heterocycles. The van der Waals surface area contributed by atoms with E-state index in [4.69, 9.17) is 0 Å². The lowest BCUT2D eigenvalue weighted by atomic mass is 9.48. The Morgan fingerprint density at radius 3 is 2.56 bits per heavy atom. The molecule has 0 radical (unpaired) electrons. The molecule has 0 saturated heterocycles. The van der Waals surface area contributed by atoms with Gasteiger partial charge in [-0.2, -0.15) is 0 Å². The van der Waals surface area contributed by atoms with Crippen molar-refractivity contribution in [2.45, 2.75) is 88.9 Å².